The molecule has 1 aromatic rings. The first-order chi connectivity index (χ1) is 9.49. The van der Waals surface area contributed by atoms with E-state index in [4.69, 9.17) is 11.5 Å². The monoisotopic (exact) mass is 276 g/mol. The average Bonchev–Trinajstić information content (AvgIpc) is 2.71. The first kappa shape index (κ1) is 14.5. The lowest BCUT2D eigenvalue weighted by atomic mass is 10.0. The molecule has 4 N–H and O–H groups in total. The molecule has 0 radical (unpaired) electrons. The fourth-order valence-corrected chi connectivity index (χ4v) is 3.28. The summed E-state index contributed by atoms with van der Waals surface area (Å²) in [4.78, 5) is 22.5. The van der Waals surface area contributed by atoms with E-state index in [0.29, 0.717) is 17.4 Å². The number of hydrogen-bond acceptors (Lipinski definition) is 2. The summed E-state index contributed by atoms with van der Waals surface area (Å²) in [5.41, 5.74) is 11.9. The van der Waals surface area contributed by atoms with Crippen molar-refractivity contribution in [1.29, 1.82) is 0 Å². The summed E-state index contributed by atoms with van der Waals surface area (Å²) < 4.78 is 0.636. The fraction of sp³-hybridized carbons (Fsp3) is 0.467. The van der Waals surface area contributed by atoms with Crippen molar-refractivity contribution in [2.75, 3.05) is 19.6 Å². The number of benzene rings is 1. The molecule has 0 saturated carbocycles. The molecule has 1 saturated heterocycles. The van der Waals surface area contributed by atoms with Gasteiger partial charge in [0.05, 0.1) is 13.1 Å². The second kappa shape index (κ2) is 6.05. The van der Waals surface area contributed by atoms with E-state index in [9.17, 15) is 9.59 Å². The molecular weight excluding hydrogens is 254 g/mol. The van der Waals surface area contributed by atoms with E-state index >= 15 is 0 Å². The van der Waals surface area contributed by atoms with Gasteiger partial charge in [-0.25, -0.2) is 0 Å². The number of hydrogen-bond donors (Lipinski definition) is 2. The molecule has 1 aromatic carbocycles. The first-order valence-corrected chi connectivity index (χ1v) is 6.95. The minimum absolute atomic E-state index is 0.260. The van der Waals surface area contributed by atoms with Gasteiger partial charge in [0, 0.05) is 24.3 Å². The maximum Gasteiger partial charge on any atom is 0.272 e. The van der Waals surface area contributed by atoms with Crippen molar-refractivity contribution in [2.45, 2.75) is 19.4 Å². The standard InChI is InChI=1S/C15H21N3O2/c16-14(19)8-13-6-7-18(10-13,11-15(17)20)9-12-4-2-1-3-5-12/h1-5,13H,6-11H2,(H3-,16,17,19,20)/p+1. The summed E-state index contributed by atoms with van der Waals surface area (Å²) in [6.45, 7) is 2.76. The maximum atomic E-state index is 11.4. The molecule has 0 aromatic heterocycles. The zero-order valence-corrected chi connectivity index (χ0v) is 11.6. The van der Waals surface area contributed by atoms with Gasteiger partial charge in [0.25, 0.3) is 5.91 Å². The first-order valence-electron chi connectivity index (χ1n) is 6.95. The lowest BCUT2D eigenvalue weighted by Crippen LogP contribution is -2.50. The summed E-state index contributed by atoms with van der Waals surface area (Å²) in [5, 5.41) is 0. The number of quaternary nitrogens is 1. The molecule has 5 nitrogen and oxygen atoms in total. The van der Waals surface area contributed by atoms with Crippen LogP contribution in [0.4, 0.5) is 0 Å². The van der Waals surface area contributed by atoms with Gasteiger partial charge >= 0.3 is 0 Å². The predicted octanol–water partition coefficient (Wildman–Crippen LogP) is 0.384. The van der Waals surface area contributed by atoms with Crippen LogP contribution in [0.5, 0.6) is 0 Å². The topological polar surface area (TPSA) is 86.2 Å². The van der Waals surface area contributed by atoms with E-state index in [1.165, 1.54) is 5.56 Å². The van der Waals surface area contributed by atoms with Gasteiger partial charge < -0.3 is 16.0 Å². The highest BCUT2D eigenvalue weighted by Gasteiger charge is 2.39. The molecule has 20 heavy (non-hydrogen) atoms. The zero-order valence-electron chi connectivity index (χ0n) is 11.6. The summed E-state index contributed by atoms with van der Waals surface area (Å²) in [6.07, 6.45) is 1.32. The highest BCUT2D eigenvalue weighted by atomic mass is 16.1. The van der Waals surface area contributed by atoms with Crippen LogP contribution in [0.3, 0.4) is 0 Å². The molecule has 1 heterocycles. The van der Waals surface area contributed by atoms with Crippen molar-refractivity contribution in [2.24, 2.45) is 17.4 Å². The number of carbonyl (C=O) groups excluding carboxylic acids is 2. The van der Waals surface area contributed by atoms with E-state index in [2.05, 4.69) is 12.1 Å². The largest absolute Gasteiger partial charge is 0.370 e. The van der Waals surface area contributed by atoms with Crippen LogP contribution >= 0.6 is 0 Å². The molecule has 0 aliphatic carbocycles. The third-order valence-corrected chi connectivity index (χ3v) is 4.00. The van der Waals surface area contributed by atoms with Crippen molar-refractivity contribution in [1.82, 2.24) is 0 Å². The minimum atomic E-state index is -0.291. The highest BCUT2D eigenvalue weighted by molar-refractivity contribution is 5.75. The van der Waals surface area contributed by atoms with Crippen LogP contribution in [0.2, 0.25) is 0 Å². The predicted molar refractivity (Wildman–Crippen MR) is 76.1 cm³/mol. The molecule has 0 spiro atoms. The molecule has 1 aliphatic rings. The maximum absolute atomic E-state index is 11.4. The Morgan fingerprint density at radius 3 is 2.45 bits per heavy atom. The highest BCUT2D eigenvalue weighted by Crippen LogP contribution is 2.29. The van der Waals surface area contributed by atoms with E-state index in [1.54, 1.807) is 0 Å². The van der Waals surface area contributed by atoms with Gasteiger partial charge in [-0.05, 0) is 0 Å². The van der Waals surface area contributed by atoms with E-state index in [1.807, 2.05) is 18.2 Å². The Hall–Kier alpha value is -1.88. The van der Waals surface area contributed by atoms with Gasteiger partial charge in [0.15, 0.2) is 6.54 Å². The Labute approximate surface area is 119 Å². The van der Waals surface area contributed by atoms with Gasteiger partial charge in [-0.3, -0.25) is 9.59 Å². The second-order valence-corrected chi connectivity index (χ2v) is 5.84. The van der Waals surface area contributed by atoms with E-state index in [0.717, 1.165) is 26.1 Å². The van der Waals surface area contributed by atoms with Crippen molar-refractivity contribution in [3.63, 3.8) is 0 Å². The Balaban J connectivity index is 2.11. The lowest BCUT2D eigenvalue weighted by Gasteiger charge is -2.33. The molecule has 0 bridgehead atoms. The van der Waals surface area contributed by atoms with Crippen LogP contribution in [0.25, 0.3) is 0 Å². The van der Waals surface area contributed by atoms with Crippen LogP contribution < -0.4 is 11.5 Å². The van der Waals surface area contributed by atoms with Crippen LogP contribution in [-0.2, 0) is 16.1 Å². The molecule has 1 fully saturated rings. The average molecular weight is 276 g/mol. The van der Waals surface area contributed by atoms with Gasteiger partial charge in [0.2, 0.25) is 5.91 Å². The molecule has 2 atom stereocenters. The van der Waals surface area contributed by atoms with Crippen molar-refractivity contribution in [3.05, 3.63) is 35.9 Å². The SMILES string of the molecule is NC(=O)CC1CC[N+](CC(N)=O)(Cc2ccccc2)C1. The van der Waals surface area contributed by atoms with Gasteiger partial charge in [-0.1, -0.05) is 30.3 Å². The quantitative estimate of drug-likeness (QED) is 0.736. The number of likely N-dealkylation sites (tertiary alicyclic amines) is 1. The third kappa shape index (κ3) is 3.81. The van der Waals surface area contributed by atoms with Crippen LogP contribution in [0.1, 0.15) is 18.4 Å². The summed E-state index contributed by atoms with van der Waals surface area (Å²) >= 11 is 0. The molecule has 2 unspecified atom stereocenters. The zero-order chi connectivity index (χ0) is 14.6. The minimum Gasteiger partial charge on any atom is -0.370 e. The second-order valence-electron chi connectivity index (χ2n) is 5.84. The molecule has 108 valence electrons. The Morgan fingerprint density at radius 2 is 1.85 bits per heavy atom. The molecule has 1 aliphatic heterocycles. The van der Waals surface area contributed by atoms with Crippen LogP contribution in [-0.4, -0.2) is 35.9 Å². The number of amides is 2. The third-order valence-electron chi connectivity index (χ3n) is 4.00. The smallest absolute Gasteiger partial charge is 0.272 e. The van der Waals surface area contributed by atoms with Crippen molar-refractivity contribution in [3.8, 4) is 0 Å². The molecule has 2 rings (SSSR count). The number of nitrogens with zero attached hydrogens (tertiary/aromatic N) is 1. The number of nitrogens with two attached hydrogens (primary N) is 2. The molecule has 5 heteroatoms. The summed E-state index contributed by atoms with van der Waals surface area (Å²) in [6, 6.07) is 10.1. The number of carbonyl (C=O) groups is 2. The van der Waals surface area contributed by atoms with Crippen molar-refractivity contribution < 1.29 is 14.1 Å². The van der Waals surface area contributed by atoms with Crippen LogP contribution in [0, 0.1) is 5.92 Å². The van der Waals surface area contributed by atoms with Crippen molar-refractivity contribution >= 4 is 11.8 Å². The van der Waals surface area contributed by atoms with Crippen LogP contribution in [0.15, 0.2) is 30.3 Å². The van der Waals surface area contributed by atoms with E-state index < -0.39 is 0 Å². The number of rotatable bonds is 6. The fourth-order valence-electron chi connectivity index (χ4n) is 3.28. The Bertz CT molecular complexity index is 489. The van der Waals surface area contributed by atoms with Gasteiger partial charge in [-0.15, -0.1) is 0 Å². The van der Waals surface area contributed by atoms with E-state index in [-0.39, 0.29) is 17.7 Å². The number of primary amides is 2. The molecule has 2 amide bonds. The summed E-state index contributed by atoms with van der Waals surface area (Å²) in [5.74, 6) is -0.301. The normalized spacial score (nSPS) is 25.5. The van der Waals surface area contributed by atoms with Gasteiger partial charge in [-0.2, -0.15) is 0 Å². The lowest BCUT2D eigenvalue weighted by molar-refractivity contribution is -0.923. The Kier molecular flexibility index (Phi) is 4.39. The summed E-state index contributed by atoms with van der Waals surface area (Å²) in [7, 11) is 0. The Morgan fingerprint density at radius 1 is 1.15 bits per heavy atom. The van der Waals surface area contributed by atoms with Gasteiger partial charge in [0.1, 0.15) is 6.54 Å². The molecular formula is C15H22N3O2+.